The molecule has 15 heavy (non-hydrogen) atoms. The number of carbonyl (C=O) groups is 2. The minimum Gasteiger partial charge on any atom is -0.351 e. The first-order valence-corrected chi connectivity index (χ1v) is 5.31. The fourth-order valence-electron chi connectivity index (χ4n) is 1.58. The first-order valence-electron chi connectivity index (χ1n) is 5.31. The summed E-state index contributed by atoms with van der Waals surface area (Å²) in [5.74, 6) is -0.173. The molecule has 5 nitrogen and oxygen atoms in total. The van der Waals surface area contributed by atoms with Gasteiger partial charge in [-0.25, -0.2) is 0 Å². The number of nitrogens with zero attached hydrogens (tertiary/aromatic N) is 1. The molecule has 1 fully saturated rings. The highest BCUT2D eigenvalue weighted by Crippen LogP contribution is 2.00. The fourth-order valence-corrected chi connectivity index (χ4v) is 1.58. The highest BCUT2D eigenvalue weighted by Gasteiger charge is 2.16. The van der Waals surface area contributed by atoms with Crippen LogP contribution in [0.25, 0.3) is 0 Å². The maximum atomic E-state index is 11.5. The van der Waals surface area contributed by atoms with Crippen LogP contribution in [0.1, 0.15) is 19.8 Å². The standard InChI is InChI=1S/C10H19N3O2/c1-8(14)13(2)7-10(15)12-9-4-3-5-11-6-9/h9,11H,3-7H2,1-2H3,(H,12,15)/t9-/m1/s1. The van der Waals surface area contributed by atoms with Gasteiger partial charge in [0.25, 0.3) is 0 Å². The van der Waals surface area contributed by atoms with Crippen molar-refractivity contribution in [1.29, 1.82) is 0 Å². The van der Waals surface area contributed by atoms with Gasteiger partial charge in [0.15, 0.2) is 0 Å². The van der Waals surface area contributed by atoms with Gasteiger partial charge < -0.3 is 15.5 Å². The second kappa shape index (κ2) is 5.70. The summed E-state index contributed by atoms with van der Waals surface area (Å²) in [7, 11) is 1.63. The van der Waals surface area contributed by atoms with Gasteiger partial charge in [0.1, 0.15) is 0 Å². The molecule has 0 aromatic rings. The molecule has 5 heteroatoms. The van der Waals surface area contributed by atoms with Crippen LogP contribution in [-0.2, 0) is 9.59 Å². The molecule has 0 unspecified atom stereocenters. The zero-order valence-electron chi connectivity index (χ0n) is 9.38. The Kier molecular flexibility index (Phi) is 4.55. The van der Waals surface area contributed by atoms with E-state index in [1.54, 1.807) is 7.05 Å². The molecule has 1 rings (SSSR count). The Morgan fingerprint density at radius 2 is 2.27 bits per heavy atom. The summed E-state index contributed by atoms with van der Waals surface area (Å²) >= 11 is 0. The van der Waals surface area contributed by atoms with Gasteiger partial charge in [0, 0.05) is 26.6 Å². The molecule has 1 aliphatic heterocycles. The molecule has 86 valence electrons. The number of nitrogens with one attached hydrogen (secondary N) is 2. The monoisotopic (exact) mass is 213 g/mol. The van der Waals surface area contributed by atoms with Gasteiger partial charge in [-0.2, -0.15) is 0 Å². The number of piperidine rings is 1. The maximum absolute atomic E-state index is 11.5. The van der Waals surface area contributed by atoms with Crippen LogP contribution in [0.5, 0.6) is 0 Å². The van der Waals surface area contributed by atoms with E-state index in [1.165, 1.54) is 11.8 Å². The molecule has 0 radical (unpaired) electrons. The topological polar surface area (TPSA) is 61.4 Å². The van der Waals surface area contributed by atoms with E-state index in [1.807, 2.05) is 0 Å². The van der Waals surface area contributed by atoms with E-state index in [9.17, 15) is 9.59 Å². The Hall–Kier alpha value is -1.10. The zero-order chi connectivity index (χ0) is 11.3. The summed E-state index contributed by atoms with van der Waals surface area (Å²) in [6.45, 7) is 3.45. The van der Waals surface area contributed by atoms with Gasteiger partial charge in [-0.1, -0.05) is 0 Å². The number of likely N-dealkylation sites (N-methyl/N-ethyl adjacent to an activating group) is 1. The third-order valence-corrected chi connectivity index (χ3v) is 2.58. The van der Waals surface area contributed by atoms with Gasteiger partial charge in [0.05, 0.1) is 6.54 Å². The van der Waals surface area contributed by atoms with Crippen molar-refractivity contribution in [3.63, 3.8) is 0 Å². The maximum Gasteiger partial charge on any atom is 0.239 e. The smallest absolute Gasteiger partial charge is 0.239 e. The van der Waals surface area contributed by atoms with Crippen molar-refractivity contribution < 1.29 is 9.59 Å². The molecule has 0 bridgehead atoms. The average Bonchev–Trinajstić information content (AvgIpc) is 2.18. The fraction of sp³-hybridized carbons (Fsp3) is 0.800. The summed E-state index contributed by atoms with van der Waals surface area (Å²) in [6, 6.07) is 0.214. The van der Waals surface area contributed by atoms with Crippen molar-refractivity contribution in [3.8, 4) is 0 Å². The average molecular weight is 213 g/mol. The predicted octanol–water partition coefficient (Wildman–Crippen LogP) is -0.667. The second-order valence-corrected chi connectivity index (χ2v) is 3.99. The molecule has 0 aromatic heterocycles. The summed E-state index contributed by atoms with van der Waals surface area (Å²) in [5.41, 5.74) is 0. The lowest BCUT2D eigenvalue weighted by Gasteiger charge is -2.24. The summed E-state index contributed by atoms with van der Waals surface area (Å²) < 4.78 is 0. The summed E-state index contributed by atoms with van der Waals surface area (Å²) in [5, 5.41) is 6.13. The van der Waals surface area contributed by atoms with Crippen LogP contribution in [0.3, 0.4) is 0 Å². The Morgan fingerprint density at radius 3 is 2.80 bits per heavy atom. The van der Waals surface area contributed by atoms with Gasteiger partial charge in [-0.05, 0) is 19.4 Å². The molecular weight excluding hydrogens is 194 g/mol. The minimum atomic E-state index is -0.0908. The van der Waals surface area contributed by atoms with Crippen molar-refractivity contribution in [2.24, 2.45) is 0 Å². The second-order valence-electron chi connectivity index (χ2n) is 3.99. The molecular formula is C10H19N3O2. The number of hydrogen-bond donors (Lipinski definition) is 2. The van der Waals surface area contributed by atoms with E-state index in [0.29, 0.717) is 0 Å². The molecule has 1 heterocycles. The Labute approximate surface area is 90.2 Å². The Balaban J connectivity index is 2.25. The lowest BCUT2D eigenvalue weighted by molar-refractivity contribution is -0.133. The highest BCUT2D eigenvalue weighted by molar-refractivity contribution is 5.83. The number of carbonyl (C=O) groups excluding carboxylic acids is 2. The lowest BCUT2D eigenvalue weighted by atomic mass is 10.1. The van der Waals surface area contributed by atoms with Crippen molar-refractivity contribution >= 4 is 11.8 Å². The van der Waals surface area contributed by atoms with E-state index in [-0.39, 0.29) is 24.4 Å². The third-order valence-electron chi connectivity index (χ3n) is 2.58. The molecule has 0 saturated carbocycles. The van der Waals surface area contributed by atoms with E-state index >= 15 is 0 Å². The first-order chi connectivity index (χ1) is 7.09. The quantitative estimate of drug-likeness (QED) is 0.654. The molecule has 0 aliphatic carbocycles. The molecule has 1 atom stereocenters. The third kappa shape index (κ3) is 4.29. The predicted molar refractivity (Wildman–Crippen MR) is 57.3 cm³/mol. The molecule has 1 aliphatic rings. The van der Waals surface area contributed by atoms with E-state index in [2.05, 4.69) is 10.6 Å². The molecule has 2 N–H and O–H groups in total. The van der Waals surface area contributed by atoms with Crippen molar-refractivity contribution in [3.05, 3.63) is 0 Å². The number of rotatable bonds is 3. The Morgan fingerprint density at radius 1 is 1.53 bits per heavy atom. The minimum absolute atomic E-state index is 0.0820. The van der Waals surface area contributed by atoms with Gasteiger partial charge >= 0.3 is 0 Å². The Bertz CT molecular complexity index is 237. The highest BCUT2D eigenvalue weighted by atomic mass is 16.2. The largest absolute Gasteiger partial charge is 0.351 e. The zero-order valence-corrected chi connectivity index (χ0v) is 9.38. The van der Waals surface area contributed by atoms with Crippen LogP contribution >= 0.6 is 0 Å². The van der Waals surface area contributed by atoms with Crippen LogP contribution in [0.2, 0.25) is 0 Å². The van der Waals surface area contributed by atoms with Crippen LogP contribution < -0.4 is 10.6 Å². The van der Waals surface area contributed by atoms with Crippen LogP contribution in [-0.4, -0.2) is 49.4 Å². The SMILES string of the molecule is CC(=O)N(C)CC(=O)N[C@@H]1CCCNC1. The molecule has 1 saturated heterocycles. The number of hydrogen-bond acceptors (Lipinski definition) is 3. The number of amides is 2. The molecule has 0 aromatic carbocycles. The summed E-state index contributed by atoms with van der Waals surface area (Å²) in [4.78, 5) is 23.8. The van der Waals surface area contributed by atoms with Crippen molar-refractivity contribution in [1.82, 2.24) is 15.5 Å². The molecule has 2 amide bonds. The van der Waals surface area contributed by atoms with E-state index < -0.39 is 0 Å². The first kappa shape index (κ1) is 12.0. The van der Waals surface area contributed by atoms with Gasteiger partial charge in [-0.15, -0.1) is 0 Å². The van der Waals surface area contributed by atoms with Crippen LogP contribution in [0.15, 0.2) is 0 Å². The summed E-state index contributed by atoms with van der Waals surface area (Å²) in [6.07, 6.45) is 2.11. The van der Waals surface area contributed by atoms with Crippen molar-refractivity contribution in [2.75, 3.05) is 26.7 Å². The van der Waals surface area contributed by atoms with Crippen LogP contribution in [0, 0.1) is 0 Å². The molecule has 0 spiro atoms. The van der Waals surface area contributed by atoms with E-state index in [0.717, 1.165) is 25.9 Å². The van der Waals surface area contributed by atoms with Gasteiger partial charge in [0.2, 0.25) is 11.8 Å². The van der Waals surface area contributed by atoms with E-state index in [4.69, 9.17) is 0 Å². The van der Waals surface area contributed by atoms with Crippen LogP contribution in [0.4, 0.5) is 0 Å². The lowest BCUT2D eigenvalue weighted by Crippen LogP contribution is -2.48. The van der Waals surface area contributed by atoms with Crippen molar-refractivity contribution in [2.45, 2.75) is 25.8 Å². The van der Waals surface area contributed by atoms with Gasteiger partial charge in [-0.3, -0.25) is 9.59 Å². The normalized spacial score (nSPS) is 20.8.